The molecule has 4 aromatic rings. The van der Waals surface area contributed by atoms with Crippen molar-refractivity contribution >= 4 is 10.8 Å². The summed E-state index contributed by atoms with van der Waals surface area (Å²) in [5, 5.41) is 51.1. The standard InChI is InChI=1S/C24H20N4O.Cu.2NO3.H2O/c25-14-18-7-9-22-19(13-18)8-10-24(29)23(22)17-28(15-20-5-1-3-11-26-20)16-21-6-2-4-12-27-21;;2*2-1(3)4;/h1-13,29H,15-17H2;;;;1H2/q;+2;2*-1;/p+1. The van der Waals surface area contributed by atoms with E-state index < -0.39 is 10.2 Å². The van der Waals surface area contributed by atoms with Crippen LogP contribution in [0.4, 0.5) is 0 Å². The number of nitrogens with zero attached hydrogens (tertiary/aromatic N) is 6. The molecule has 0 saturated carbocycles. The molecule has 207 valence electrons. The number of rotatable bonds is 6. The Kier molecular flexibility index (Phi) is 15.4. The Bertz CT molecular complexity index is 1310. The molecule has 0 atom stereocenters. The van der Waals surface area contributed by atoms with Gasteiger partial charge in [0, 0.05) is 37.6 Å². The van der Waals surface area contributed by atoms with Crippen LogP contribution >= 0.6 is 0 Å². The fourth-order valence-corrected chi connectivity index (χ4v) is 3.45. The van der Waals surface area contributed by atoms with E-state index in [1.165, 1.54) is 0 Å². The van der Waals surface area contributed by atoms with Gasteiger partial charge in [-0.2, -0.15) is 5.26 Å². The van der Waals surface area contributed by atoms with Crippen LogP contribution in [0.25, 0.3) is 10.8 Å². The second kappa shape index (κ2) is 17.6. The number of nitriles is 1. The average Bonchev–Trinajstić information content (AvgIpc) is 2.86. The number of phenols is 1. The van der Waals surface area contributed by atoms with Gasteiger partial charge in [-0.25, -0.2) is 0 Å². The van der Waals surface area contributed by atoms with Crippen LogP contribution in [0.1, 0.15) is 22.5 Å². The van der Waals surface area contributed by atoms with Crippen LogP contribution in [0.2, 0.25) is 0 Å². The fraction of sp³-hybridized carbons (Fsp3) is 0.125. The Morgan fingerprint density at radius 3 is 1.77 bits per heavy atom. The van der Waals surface area contributed by atoms with E-state index in [0.29, 0.717) is 25.2 Å². The molecule has 0 aliphatic heterocycles. The quantitative estimate of drug-likeness (QED) is 0.149. The number of benzene rings is 2. The monoisotopic (exact) mass is 586 g/mol. The number of fused-ring (bicyclic) bond motifs is 1. The molecule has 0 aliphatic rings. The van der Waals surface area contributed by atoms with Gasteiger partial charge in [0.1, 0.15) is 5.75 Å². The minimum absolute atomic E-state index is 0. The van der Waals surface area contributed by atoms with Gasteiger partial charge < -0.3 is 41.2 Å². The Morgan fingerprint density at radius 2 is 1.33 bits per heavy atom. The summed E-state index contributed by atoms with van der Waals surface area (Å²) in [7, 11) is 0. The molecule has 0 fully saturated rings. The molecular formula is C24H23CuN6O8+. The molecule has 0 aliphatic carbocycles. The largest absolute Gasteiger partial charge is 2.00 e. The van der Waals surface area contributed by atoms with Crippen LogP contribution in [0.15, 0.2) is 79.1 Å². The van der Waals surface area contributed by atoms with Crippen LogP contribution < -0.4 is 0 Å². The summed E-state index contributed by atoms with van der Waals surface area (Å²) in [6.07, 6.45) is 3.57. The van der Waals surface area contributed by atoms with Gasteiger partial charge >= 0.3 is 17.1 Å². The van der Waals surface area contributed by atoms with Crippen molar-refractivity contribution in [3.63, 3.8) is 0 Å². The third-order valence-corrected chi connectivity index (χ3v) is 4.84. The zero-order valence-electron chi connectivity index (χ0n) is 20.1. The van der Waals surface area contributed by atoms with Crippen molar-refractivity contribution in [1.29, 1.82) is 5.26 Å². The molecule has 14 nitrogen and oxygen atoms in total. The Hall–Kier alpha value is -4.87. The van der Waals surface area contributed by atoms with Crippen molar-refractivity contribution in [3.05, 3.63) is 132 Å². The zero-order chi connectivity index (χ0) is 27.2. The summed E-state index contributed by atoms with van der Waals surface area (Å²) in [5.74, 6) is 0.245. The van der Waals surface area contributed by atoms with Gasteiger partial charge in [-0.05, 0) is 53.2 Å². The van der Waals surface area contributed by atoms with Gasteiger partial charge in [-0.15, -0.1) is 0 Å². The summed E-state index contributed by atoms with van der Waals surface area (Å²) >= 11 is 0. The maximum absolute atomic E-state index is 10.6. The summed E-state index contributed by atoms with van der Waals surface area (Å²) in [5.41, 5.74) is 3.34. The second-order valence-electron chi connectivity index (χ2n) is 7.35. The van der Waals surface area contributed by atoms with Crippen molar-refractivity contribution < 1.29 is 37.8 Å². The van der Waals surface area contributed by atoms with Crippen molar-refractivity contribution in [2.24, 2.45) is 0 Å². The first kappa shape index (κ1) is 34.1. The van der Waals surface area contributed by atoms with E-state index in [1.54, 1.807) is 24.5 Å². The molecule has 1 radical (unpaired) electrons. The maximum atomic E-state index is 10.6. The van der Waals surface area contributed by atoms with Gasteiger partial charge in [0.15, 0.2) is 0 Å². The number of aromatic nitrogens is 2. The number of hydrogen-bond donors (Lipinski definition) is 1. The summed E-state index contributed by atoms with van der Waals surface area (Å²) in [6, 6.07) is 23.0. The van der Waals surface area contributed by atoms with Gasteiger partial charge in [-0.1, -0.05) is 24.3 Å². The van der Waals surface area contributed by atoms with E-state index >= 15 is 0 Å². The first-order chi connectivity index (χ1) is 17.7. The van der Waals surface area contributed by atoms with Gasteiger partial charge in [0.05, 0.1) is 33.2 Å². The predicted octanol–water partition coefficient (Wildman–Crippen LogP) is 3.01. The molecule has 2 aromatic heterocycles. The third kappa shape index (κ3) is 12.3. The topological polar surface area (TPSA) is 238 Å². The van der Waals surface area contributed by atoms with E-state index in [1.807, 2.05) is 54.6 Å². The molecule has 39 heavy (non-hydrogen) atoms. The van der Waals surface area contributed by atoms with Gasteiger partial charge in [-0.3, -0.25) is 14.9 Å². The van der Waals surface area contributed by atoms with E-state index in [9.17, 15) is 10.4 Å². The molecule has 0 amide bonds. The first-order valence-corrected chi connectivity index (χ1v) is 10.5. The number of aromatic hydroxyl groups is 1. The van der Waals surface area contributed by atoms with Crippen LogP contribution in [-0.2, 0) is 42.2 Å². The number of hydrogen-bond acceptors (Lipinski definition) is 11. The van der Waals surface area contributed by atoms with Gasteiger partial charge in [0.25, 0.3) is 0 Å². The SMILES string of the molecule is N#Cc1ccc2c(CN(Cc3ccccn3)Cc3ccccn3)c(O)ccc2c1.O=[N+]([O-])[O-].O=[N+]([O-])[O-].[Cu+2].[OH3+]. The third-order valence-electron chi connectivity index (χ3n) is 4.84. The van der Waals surface area contributed by atoms with Crippen molar-refractivity contribution in [1.82, 2.24) is 14.9 Å². The summed E-state index contributed by atoms with van der Waals surface area (Å²) in [4.78, 5) is 27.6. The van der Waals surface area contributed by atoms with Crippen LogP contribution in [-0.4, -0.2) is 30.1 Å². The Morgan fingerprint density at radius 1 is 0.821 bits per heavy atom. The minimum Gasteiger partial charge on any atom is -0.508 e. The van der Waals surface area contributed by atoms with E-state index in [0.717, 1.165) is 27.7 Å². The van der Waals surface area contributed by atoms with Gasteiger partial charge in [0.2, 0.25) is 0 Å². The normalized spacial score (nSPS) is 9.33. The van der Waals surface area contributed by atoms with Crippen molar-refractivity contribution in [2.75, 3.05) is 0 Å². The average molecular weight is 587 g/mol. The Labute approximate surface area is 232 Å². The van der Waals surface area contributed by atoms with E-state index in [-0.39, 0.29) is 28.3 Å². The fourth-order valence-electron chi connectivity index (χ4n) is 3.45. The number of phenolic OH excluding ortho intramolecular Hbond substituents is 1. The summed E-state index contributed by atoms with van der Waals surface area (Å²) < 4.78 is 0. The number of pyridine rings is 2. The molecule has 2 heterocycles. The smallest absolute Gasteiger partial charge is 0.508 e. The predicted molar refractivity (Wildman–Crippen MR) is 137 cm³/mol. The molecule has 4 N–H and O–H groups in total. The van der Waals surface area contributed by atoms with E-state index in [4.69, 9.17) is 30.6 Å². The summed E-state index contributed by atoms with van der Waals surface area (Å²) in [6.45, 7) is 1.79. The molecule has 15 heteroatoms. The molecule has 0 unspecified atom stereocenters. The molecule has 4 rings (SSSR count). The van der Waals surface area contributed by atoms with Crippen molar-refractivity contribution in [2.45, 2.75) is 19.6 Å². The van der Waals surface area contributed by atoms with Crippen LogP contribution in [0.3, 0.4) is 0 Å². The molecule has 0 saturated heterocycles. The van der Waals surface area contributed by atoms with E-state index in [2.05, 4.69) is 20.9 Å². The second-order valence-corrected chi connectivity index (χ2v) is 7.35. The molecule has 0 bridgehead atoms. The zero-order valence-corrected chi connectivity index (χ0v) is 21.0. The molecule has 0 spiro atoms. The molecular weight excluding hydrogens is 564 g/mol. The van der Waals surface area contributed by atoms with Crippen LogP contribution in [0, 0.1) is 42.0 Å². The molecule has 2 aromatic carbocycles. The first-order valence-electron chi connectivity index (χ1n) is 10.5. The maximum Gasteiger partial charge on any atom is 2.00 e. The minimum atomic E-state index is -1.75. The van der Waals surface area contributed by atoms with Crippen molar-refractivity contribution in [3.8, 4) is 11.8 Å². The van der Waals surface area contributed by atoms with Crippen LogP contribution in [0.5, 0.6) is 5.75 Å². The Balaban J connectivity index is 0.00000128.